The molecule has 1 N–H and O–H groups in total. The van der Waals surface area contributed by atoms with E-state index in [0.717, 1.165) is 30.9 Å². The fourth-order valence-electron chi connectivity index (χ4n) is 2.37. The van der Waals surface area contributed by atoms with Crippen molar-refractivity contribution in [2.24, 2.45) is 0 Å². The number of aliphatic hydroxyl groups is 1. The van der Waals surface area contributed by atoms with Crippen molar-refractivity contribution >= 4 is 0 Å². The van der Waals surface area contributed by atoms with Crippen LogP contribution in [0.4, 0.5) is 4.39 Å². The van der Waals surface area contributed by atoms with Crippen LogP contribution >= 0.6 is 0 Å². The van der Waals surface area contributed by atoms with Gasteiger partial charge in [0.2, 0.25) is 0 Å². The highest BCUT2D eigenvalue weighted by Crippen LogP contribution is 2.14. The van der Waals surface area contributed by atoms with Gasteiger partial charge in [-0.1, -0.05) is 0 Å². The molecule has 4 nitrogen and oxygen atoms in total. The third-order valence-corrected chi connectivity index (χ3v) is 3.37. The molecule has 3 rings (SSSR count). The Balaban J connectivity index is 1.71. The summed E-state index contributed by atoms with van der Waals surface area (Å²) in [5.41, 5.74) is 1.80. The number of likely N-dealkylation sites (tertiary alicyclic amines) is 1. The summed E-state index contributed by atoms with van der Waals surface area (Å²) >= 11 is 0. The molecule has 1 saturated heterocycles. The molecule has 5 heteroatoms. The minimum Gasteiger partial charge on any atom is -0.392 e. The van der Waals surface area contributed by atoms with E-state index in [0.29, 0.717) is 6.54 Å². The molecular weight excluding hydrogens is 245 g/mol. The number of β-amino-alcohol motifs (C(OH)–C–C–N with tert-alkyl or cyclic N) is 1. The van der Waals surface area contributed by atoms with Crippen molar-refractivity contribution in [2.75, 3.05) is 13.1 Å². The van der Waals surface area contributed by atoms with Gasteiger partial charge in [0.05, 0.1) is 17.5 Å². The van der Waals surface area contributed by atoms with E-state index in [1.54, 1.807) is 16.8 Å². The molecule has 1 unspecified atom stereocenters. The van der Waals surface area contributed by atoms with E-state index in [-0.39, 0.29) is 11.9 Å². The summed E-state index contributed by atoms with van der Waals surface area (Å²) in [5, 5.41) is 14.0. The van der Waals surface area contributed by atoms with Crippen molar-refractivity contribution in [3.63, 3.8) is 0 Å². The average molecular weight is 261 g/mol. The van der Waals surface area contributed by atoms with Crippen LogP contribution in [0, 0.1) is 5.82 Å². The van der Waals surface area contributed by atoms with Crippen LogP contribution in [0.2, 0.25) is 0 Å². The first-order valence-corrected chi connectivity index (χ1v) is 6.41. The molecule has 2 heterocycles. The maximum atomic E-state index is 12.9. The first-order chi connectivity index (χ1) is 9.20. The van der Waals surface area contributed by atoms with Gasteiger partial charge in [-0.3, -0.25) is 4.90 Å². The lowest BCUT2D eigenvalue weighted by Gasteiger charge is -2.12. The van der Waals surface area contributed by atoms with Gasteiger partial charge < -0.3 is 5.11 Å². The van der Waals surface area contributed by atoms with E-state index in [4.69, 9.17) is 0 Å². The van der Waals surface area contributed by atoms with Gasteiger partial charge in [-0.25, -0.2) is 9.07 Å². The molecule has 0 amide bonds. The van der Waals surface area contributed by atoms with E-state index < -0.39 is 0 Å². The van der Waals surface area contributed by atoms with E-state index >= 15 is 0 Å². The topological polar surface area (TPSA) is 41.3 Å². The third kappa shape index (κ3) is 2.83. The standard InChI is InChI=1S/C14H16FN3O/c15-11-1-3-13(4-2-11)18-8-5-12(16-18)9-17-7-6-14(19)10-17/h1-5,8,14,19H,6-7,9-10H2. The fourth-order valence-corrected chi connectivity index (χ4v) is 2.37. The predicted molar refractivity (Wildman–Crippen MR) is 69.4 cm³/mol. The second kappa shape index (κ2) is 5.11. The van der Waals surface area contributed by atoms with Crippen LogP contribution in [0.5, 0.6) is 0 Å². The molecular formula is C14H16FN3O. The lowest BCUT2D eigenvalue weighted by atomic mass is 10.3. The molecule has 1 aliphatic rings. The van der Waals surface area contributed by atoms with Gasteiger partial charge in [-0.15, -0.1) is 0 Å². The molecule has 1 fully saturated rings. The molecule has 19 heavy (non-hydrogen) atoms. The smallest absolute Gasteiger partial charge is 0.123 e. The predicted octanol–water partition coefficient (Wildman–Crippen LogP) is 1.58. The summed E-state index contributed by atoms with van der Waals surface area (Å²) in [4.78, 5) is 2.18. The van der Waals surface area contributed by atoms with E-state index in [1.165, 1.54) is 12.1 Å². The first kappa shape index (κ1) is 12.3. The number of nitrogens with zero attached hydrogens (tertiary/aromatic N) is 3. The quantitative estimate of drug-likeness (QED) is 0.912. The van der Waals surface area contributed by atoms with Gasteiger partial charge in [0, 0.05) is 25.8 Å². The Morgan fingerprint density at radius 3 is 2.74 bits per heavy atom. The van der Waals surface area contributed by atoms with E-state index in [1.807, 2.05) is 12.3 Å². The van der Waals surface area contributed by atoms with Gasteiger partial charge in [0.15, 0.2) is 0 Å². The van der Waals surface area contributed by atoms with Gasteiger partial charge >= 0.3 is 0 Å². The van der Waals surface area contributed by atoms with Crippen LogP contribution in [-0.2, 0) is 6.54 Å². The average Bonchev–Trinajstić information content (AvgIpc) is 3.00. The SMILES string of the molecule is OC1CCN(Cc2ccn(-c3ccc(F)cc3)n2)C1. The lowest BCUT2D eigenvalue weighted by molar-refractivity contribution is 0.174. The third-order valence-electron chi connectivity index (χ3n) is 3.37. The number of benzene rings is 1. The number of halogens is 1. The van der Waals surface area contributed by atoms with Crippen LogP contribution in [-0.4, -0.2) is 39.0 Å². The second-order valence-corrected chi connectivity index (χ2v) is 4.91. The van der Waals surface area contributed by atoms with Crippen LogP contribution in [0.15, 0.2) is 36.5 Å². The van der Waals surface area contributed by atoms with Crippen molar-refractivity contribution in [2.45, 2.75) is 19.1 Å². The monoisotopic (exact) mass is 261 g/mol. The van der Waals surface area contributed by atoms with Crippen LogP contribution < -0.4 is 0 Å². The maximum Gasteiger partial charge on any atom is 0.123 e. The summed E-state index contributed by atoms with van der Waals surface area (Å²) in [6, 6.07) is 8.20. The highest BCUT2D eigenvalue weighted by atomic mass is 19.1. The van der Waals surface area contributed by atoms with Crippen molar-refractivity contribution in [3.8, 4) is 5.69 Å². The summed E-state index contributed by atoms with van der Waals surface area (Å²) in [7, 11) is 0. The number of hydrogen-bond acceptors (Lipinski definition) is 3. The molecule has 0 aliphatic carbocycles. The molecule has 0 bridgehead atoms. The second-order valence-electron chi connectivity index (χ2n) is 4.91. The molecule has 0 saturated carbocycles. The molecule has 1 aromatic carbocycles. The van der Waals surface area contributed by atoms with Gasteiger partial charge in [-0.2, -0.15) is 5.10 Å². The van der Waals surface area contributed by atoms with E-state index in [2.05, 4.69) is 10.00 Å². The van der Waals surface area contributed by atoms with Crippen LogP contribution in [0.3, 0.4) is 0 Å². The normalized spacial score (nSPS) is 20.0. The number of aliphatic hydroxyl groups excluding tert-OH is 1. The molecule has 0 spiro atoms. The zero-order valence-corrected chi connectivity index (χ0v) is 10.5. The Morgan fingerprint density at radius 1 is 1.26 bits per heavy atom. The lowest BCUT2D eigenvalue weighted by Crippen LogP contribution is -2.21. The molecule has 1 atom stereocenters. The minimum absolute atomic E-state index is 0.209. The van der Waals surface area contributed by atoms with Crippen molar-refractivity contribution in [1.29, 1.82) is 0 Å². The Bertz CT molecular complexity index is 552. The zero-order valence-electron chi connectivity index (χ0n) is 10.5. The van der Waals surface area contributed by atoms with Crippen LogP contribution in [0.1, 0.15) is 12.1 Å². The molecule has 1 aliphatic heterocycles. The number of aromatic nitrogens is 2. The molecule has 2 aromatic rings. The van der Waals surface area contributed by atoms with Crippen LogP contribution in [0.25, 0.3) is 5.69 Å². The molecule has 0 radical (unpaired) electrons. The number of hydrogen-bond donors (Lipinski definition) is 1. The Morgan fingerprint density at radius 2 is 2.05 bits per heavy atom. The van der Waals surface area contributed by atoms with E-state index in [9.17, 15) is 9.50 Å². The Labute approximate surface area is 111 Å². The summed E-state index contributed by atoms with van der Waals surface area (Å²) < 4.78 is 14.6. The highest BCUT2D eigenvalue weighted by molar-refractivity contribution is 5.31. The van der Waals surface area contributed by atoms with Gasteiger partial charge in [0.1, 0.15) is 5.82 Å². The molecule has 100 valence electrons. The Kier molecular flexibility index (Phi) is 3.31. The first-order valence-electron chi connectivity index (χ1n) is 6.41. The maximum absolute atomic E-state index is 12.9. The minimum atomic E-state index is -0.248. The fraction of sp³-hybridized carbons (Fsp3) is 0.357. The van der Waals surface area contributed by atoms with Gasteiger partial charge in [0.25, 0.3) is 0 Å². The van der Waals surface area contributed by atoms with Crippen molar-refractivity contribution in [1.82, 2.24) is 14.7 Å². The number of rotatable bonds is 3. The van der Waals surface area contributed by atoms with Gasteiger partial charge in [-0.05, 0) is 36.8 Å². The summed E-state index contributed by atoms with van der Waals surface area (Å²) in [6.45, 7) is 2.36. The Hall–Kier alpha value is -1.72. The van der Waals surface area contributed by atoms with Crippen molar-refractivity contribution < 1.29 is 9.50 Å². The largest absolute Gasteiger partial charge is 0.392 e. The van der Waals surface area contributed by atoms with Crippen molar-refractivity contribution in [3.05, 3.63) is 48.0 Å². The summed E-state index contributed by atoms with van der Waals surface area (Å²) in [6.07, 6.45) is 2.49. The highest BCUT2D eigenvalue weighted by Gasteiger charge is 2.20. The zero-order chi connectivity index (χ0) is 13.2. The molecule has 1 aromatic heterocycles. The summed E-state index contributed by atoms with van der Waals surface area (Å²) in [5.74, 6) is -0.248.